The third-order valence-corrected chi connectivity index (χ3v) is 3.78. The predicted octanol–water partition coefficient (Wildman–Crippen LogP) is 3.75. The number of nitrogens with one attached hydrogen (secondary N) is 1. The van der Waals surface area contributed by atoms with E-state index in [4.69, 9.17) is 4.52 Å². The number of likely N-dealkylation sites (N-methyl/N-ethyl adjacent to an activating group) is 1. The molecular formula is C19H20N4O2. The van der Waals surface area contributed by atoms with Gasteiger partial charge >= 0.3 is 6.03 Å². The van der Waals surface area contributed by atoms with Crippen LogP contribution in [0.1, 0.15) is 11.4 Å². The van der Waals surface area contributed by atoms with Gasteiger partial charge in [-0.3, -0.25) is 0 Å². The Hall–Kier alpha value is -3.15. The van der Waals surface area contributed by atoms with Gasteiger partial charge < -0.3 is 14.7 Å². The summed E-state index contributed by atoms with van der Waals surface area (Å²) in [6.07, 6.45) is 0.522. The molecule has 0 fully saturated rings. The molecule has 0 bridgehead atoms. The van der Waals surface area contributed by atoms with E-state index < -0.39 is 0 Å². The van der Waals surface area contributed by atoms with E-state index in [1.807, 2.05) is 61.5 Å². The van der Waals surface area contributed by atoms with Crippen molar-refractivity contribution >= 4 is 11.7 Å². The van der Waals surface area contributed by atoms with Gasteiger partial charge in [-0.1, -0.05) is 35.5 Å². The molecule has 0 radical (unpaired) electrons. The molecule has 1 heterocycles. The smallest absolute Gasteiger partial charge is 0.321 e. The van der Waals surface area contributed by atoms with E-state index in [1.54, 1.807) is 11.9 Å². The molecule has 2 amide bonds. The average Bonchev–Trinajstić information content (AvgIpc) is 3.09. The molecule has 1 N–H and O–H groups in total. The maximum Gasteiger partial charge on any atom is 0.321 e. The van der Waals surface area contributed by atoms with Crippen LogP contribution >= 0.6 is 0 Å². The topological polar surface area (TPSA) is 71.3 Å². The molecule has 0 aliphatic rings. The summed E-state index contributed by atoms with van der Waals surface area (Å²) in [6.45, 7) is 2.48. The lowest BCUT2D eigenvalue weighted by Crippen LogP contribution is -2.33. The van der Waals surface area contributed by atoms with Crippen LogP contribution in [0.5, 0.6) is 0 Å². The van der Waals surface area contributed by atoms with Gasteiger partial charge in [-0.25, -0.2) is 4.79 Å². The Kier molecular flexibility index (Phi) is 5.09. The molecule has 0 unspecified atom stereocenters. The number of amides is 2. The number of carbonyl (C=O) groups is 1. The van der Waals surface area contributed by atoms with Crippen LogP contribution in [0.4, 0.5) is 10.5 Å². The van der Waals surface area contributed by atoms with Crippen molar-refractivity contribution in [1.82, 2.24) is 15.0 Å². The van der Waals surface area contributed by atoms with Crippen molar-refractivity contribution in [3.05, 3.63) is 66.0 Å². The highest BCUT2D eigenvalue weighted by molar-refractivity contribution is 5.89. The van der Waals surface area contributed by atoms with Crippen molar-refractivity contribution in [2.24, 2.45) is 0 Å². The summed E-state index contributed by atoms with van der Waals surface area (Å²) in [6, 6.07) is 17.1. The highest BCUT2D eigenvalue weighted by Crippen LogP contribution is 2.16. The van der Waals surface area contributed by atoms with Gasteiger partial charge in [-0.05, 0) is 36.8 Å². The van der Waals surface area contributed by atoms with Gasteiger partial charge in [0.2, 0.25) is 0 Å². The highest BCUT2D eigenvalue weighted by atomic mass is 16.5. The zero-order valence-electron chi connectivity index (χ0n) is 14.3. The zero-order valence-corrected chi connectivity index (χ0v) is 14.3. The van der Waals surface area contributed by atoms with Crippen LogP contribution in [0.15, 0.2) is 59.1 Å². The average molecular weight is 336 g/mol. The minimum absolute atomic E-state index is 0.169. The van der Waals surface area contributed by atoms with E-state index in [2.05, 4.69) is 15.5 Å². The summed E-state index contributed by atoms with van der Waals surface area (Å²) in [5, 5.41) is 6.85. The molecule has 0 saturated carbocycles. The molecule has 0 saturated heterocycles. The summed E-state index contributed by atoms with van der Waals surface area (Å²) in [4.78, 5) is 18.2. The number of nitrogens with zero attached hydrogens (tertiary/aromatic N) is 3. The zero-order chi connectivity index (χ0) is 17.6. The summed E-state index contributed by atoms with van der Waals surface area (Å²) in [5.74, 6) is 1.07. The second-order valence-corrected chi connectivity index (χ2v) is 5.85. The van der Waals surface area contributed by atoms with Crippen LogP contribution < -0.4 is 5.32 Å². The lowest BCUT2D eigenvalue weighted by atomic mass is 10.2. The van der Waals surface area contributed by atoms with Crippen molar-refractivity contribution in [3.63, 3.8) is 0 Å². The molecule has 0 aliphatic heterocycles. The van der Waals surface area contributed by atoms with Gasteiger partial charge in [-0.2, -0.15) is 4.98 Å². The number of hydrogen-bond donors (Lipinski definition) is 1. The number of carbonyl (C=O) groups excluding carboxylic acids is 1. The van der Waals surface area contributed by atoms with E-state index in [9.17, 15) is 4.79 Å². The lowest BCUT2D eigenvalue weighted by molar-refractivity contribution is 0.222. The first-order chi connectivity index (χ1) is 12.1. The fraction of sp³-hybridized carbons (Fsp3) is 0.211. The fourth-order valence-corrected chi connectivity index (χ4v) is 2.36. The number of urea groups is 1. The molecule has 2 aromatic carbocycles. The van der Waals surface area contributed by atoms with E-state index in [1.165, 1.54) is 0 Å². The molecule has 3 aromatic rings. The molecule has 0 aliphatic carbocycles. The first-order valence-corrected chi connectivity index (χ1v) is 8.08. The van der Waals surface area contributed by atoms with Crippen molar-refractivity contribution in [3.8, 4) is 11.5 Å². The monoisotopic (exact) mass is 336 g/mol. The van der Waals surface area contributed by atoms with Crippen LogP contribution in [-0.4, -0.2) is 34.7 Å². The van der Waals surface area contributed by atoms with Crippen molar-refractivity contribution in [1.29, 1.82) is 0 Å². The first-order valence-electron chi connectivity index (χ1n) is 8.08. The Morgan fingerprint density at radius 1 is 1.16 bits per heavy atom. The molecule has 6 nitrogen and oxygen atoms in total. The Labute approximate surface area is 146 Å². The minimum atomic E-state index is -0.169. The second kappa shape index (κ2) is 7.61. The van der Waals surface area contributed by atoms with Gasteiger partial charge in [0, 0.05) is 31.3 Å². The first kappa shape index (κ1) is 16.7. The van der Waals surface area contributed by atoms with Gasteiger partial charge in [0.15, 0.2) is 5.82 Å². The van der Waals surface area contributed by atoms with Crippen LogP contribution in [0, 0.1) is 6.92 Å². The standard InChI is InChI=1S/C19H20N4O2/c1-14-7-6-10-16(13-14)20-19(24)23(2)12-11-17-21-18(25-22-17)15-8-4-3-5-9-15/h3-10,13H,11-12H2,1-2H3,(H,20,24). The van der Waals surface area contributed by atoms with Gasteiger partial charge in [0.05, 0.1) is 0 Å². The fourth-order valence-electron chi connectivity index (χ4n) is 2.36. The highest BCUT2D eigenvalue weighted by Gasteiger charge is 2.12. The number of rotatable bonds is 5. The Balaban J connectivity index is 1.54. The summed E-state index contributed by atoms with van der Waals surface area (Å²) >= 11 is 0. The maximum atomic E-state index is 12.2. The molecule has 128 valence electrons. The van der Waals surface area contributed by atoms with Crippen LogP contribution in [0.2, 0.25) is 0 Å². The van der Waals surface area contributed by atoms with E-state index >= 15 is 0 Å². The lowest BCUT2D eigenvalue weighted by Gasteiger charge is -2.17. The second-order valence-electron chi connectivity index (χ2n) is 5.85. The Morgan fingerprint density at radius 3 is 2.72 bits per heavy atom. The van der Waals surface area contributed by atoms with Gasteiger partial charge in [0.1, 0.15) is 0 Å². The number of aromatic nitrogens is 2. The number of aryl methyl sites for hydroxylation is 1. The normalized spacial score (nSPS) is 10.5. The molecule has 0 atom stereocenters. The van der Waals surface area contributed by atoms with Gasteiger partial charge in [0.25, 0.3) is 5.89 Å². The van der Waals surface area contributed by atoms with Crippen molar-refractivity contribution in [2.45, 2.75) is 13.3 Å². The number of benzene rings is 2. The summed E-state index contributed by atoms with van der Waals surface area (Å²) in [7, 11) is 1.74. The SMILES string of the molecule is Cc1cccc(NC(=O)N(C)CCc2noc(-c3ccccc3)n2)c1. The Morgan fingerprint density at radius 2 is 1.96 bits per heavy atom. The molecule has 0 spiro atoms. The van der Waals surface area contributed by atoms with Crippen LogP contribution in [0.3, 0.4) is 0 Å². The van der Waals surface area contributed by atoms with Crippen molar-refractivity contribution in [2.75, 3.05) is 18.9 Å². The molecule has 25 heavy (non-hydrogen) atoms. The third-order valence-electron chi connectivity index (χ3n) is 3.78. The number of anilines is 1. The molecular weight excluding hydrogens is 316 g/mol. The van der Waals surface area contributed by atoms with E-state index in [0.29, 0.717) is 24.7 Å². The Bertz CT molecular complexity index is 845. The quantitative estimate of drug-likeness (QED) is 0.770. The number of hydrogen-bond acceptors (Lipinski definition) is 4. The predicted molar refractivity (Wildman–Crippen MR) is 96.3 cm³/mol. The molecule has 1 aromatic heterocycles. The largest absolute Gasteiger partial charge is 0.334 e. The summed E-state index contributed by atoms with van der Waals surface area (Å²) < 4.78 is 5.27. The molecule has 3 rings (SSSR count). The summed E-state index contributed by atoms with van der Waals surface area (Å²) in [5.41, 5.74) is 2.76. The maximum absolute atomic E-state index is 12.2. The van der Waals surface area contributed by atoms with Crippen molar-refractivity contribution < 1.29 is 9.32 Å². The van der Waals surface area contributed by atoms with E-state index in [0.717, 1.165) is 16.8 Å². The van der Waals surface area contributed by atoms with Crippen LogP contribution in [-0.2, 0) is 6.42 Å². The molecule has 6 heteroatoms. The van der Waals surface area contributed by atoms with E-state index in [-0.39, 0.29) is 6.03 Å². The van der Waals surface area contributed by atoms with Gasteiger partial charge in [-0.15, -0.1) is 0 Å². The van der Waals surface area contributed by atoms with Crippen LogP contribution in [0.25, 0.3) is 11.5 Å². The third kappa shape index (κ3) is 4.44. The minimum Gasteiger partial charge on any atom is -0.334 e.